The molecule has 30 heavy (non-hydrogen) atoms. The van der Waals surface area contributed by atoms with Crippen LogP contribution in [0, 0.1) is 52.3 Å². The van der Waals surface area contributed by atoms with Gasteiger partial charge in [-0.2, -0.15) is 0 Å². The fourth-order valence-electron chi connectivity index (χ4n) is 8.62. The molecule has 0 radical (unpaired) electrons. The van der Waals surface area contributed by atoms with Crippen molar-refractivity contribution < 1.29 is 26.0 Å². The second kappa shape index (κ2) is 8.18. The average molecular weight is 427 g/mol. The molecule has 0 aromatic rings. The maximum Gasteiger partial charge on any atom is 0.129 e. The fourth-order valence-corrected chi connectivity index (χ4v) is 8.62. The highest BCUT2D eigenvalue weighted by molar-refractivity contribution is 5.75. The lowest BCUT2D eigenvalue weighted by atomic mass is 9.41. The summed E-state index contributed by atoms with van der Waals surface area (Å²) in [5, 5.41) is 22.7. The van der Waals surface area contributed by atoms with Crippen LogP contribution in [0.5, 0.6) is 0 Å². The lowest BCUT2D eigenvalue weighted by Crippen LogP contribution is -2.62. The van der Waals surface area contributed by atoms with E-state index in [0.29, 0.717) is 25.7 Å². The summed E-state index contributed by atoms with van der Waals surface area (Å²) in [6.07, 6.45) is -3.33. The van der Waals surface area contributed by atoms with Crippen LogP contribution in [0.3, 0.4) is 0 Å². The number of ketones is 1. The van der Waals surface area contributed by atoms with Crippen LogP contribution in [0.1, 0.15) is 110 Å². The molecule has 0 spiro atoms. The average Bonchev–Trinajstić information content (AvgIpc) is 3.10. The first-order valence-electron chi connectivity index (χ1n) is 16.0. The van der Waals surface area contributed by atoms with Gasteiger partial charge in [-0.05, 0) is 111 Å². The van der Waals surface area contributed by atoms with Crippen LogP contribution in [0.15, 0.2) is 0 Å². The molecule has 0 amide bonds. The molecule has 4 fully saturated rings. The molecular weight excluding hydrogens is 372 g/mol. The SMILES string of the molecule is [2H]C([2H])(C[C@@H](C)[C@H]1CC[C@H]2[C@H]3[C@H](CC[C@]12C)[C@@]1(C)CC[C@@H](O)C[C@H]1[C@@H](C([2H])([2H])C([2H])([2H])[2H])[C@@]3([2H])O)C(C)=O. The highest BCUT2D eigenvalue weighted by Crippen LogP contribution is 2.69. The van der Waals surface area contributed by atoms with Crippen LogP contribution in [0.25, 0.3) is 0 Å². The van der Waals surface area contributed by atoms with Gasteiger partial charge in [0.05, 0.1) is 13.6 Å². The summed E-state index contributed by atoms with van der Waals surface area (Å²) in [6.45, 7) is 4.43. The highest BCUT2D eigenvalue weighted by Gasteiger charge is 2.64. The van der Waals surface area contributed by atoms with Gasteiger partial charge >= 0.3 is 0 Å². The van der Waals surface area contributed by atoms with E-state index in [9.17, 15) is 16.4 Å². The Kier molecular flexibility index (Phi) is 4.00. The molecule has 4 saturated carbocycles. The molecule has 11 atom stereocenters. The van der Waals surface area contributed by atoms with E-state index < -0.39 is 60.7 Å². The number of Topliss-reactive ketones (excluding diaryl/α,β-unsaturated/α-hetero) is 1. The van der Waals surface area contributed by atoms with E-state index in [1.807, 2.05) is 6.92 Å². The van der Waals surface area contributed by atoms with Crippen LogP contribution in [-0.2, 0) is 4.79 Å². The predicted molar refractivity (Wildman–Crippen MR) is 121 cm³/mol. The van der Waals surface area contributed by atoms with Gasteiger partial charge in [0.1, 0.15) is 5.78 Å². The number of aliphatic hydroxyl groups excluding tert-OH is 1. The number of carbonyl (C=O) groups excluding carboxylic acids is 1. The minimum atomic E-state index is -3.04. The first-order valence-corrected chi connectivity index (χ1v) is 12.0. The summed E-state index contributed by atoms with van der Waals surface area (Å²) < 4.78 is 67.4. The summed E-state index contributed by atoms with van der Waals surface area (Å²) in [5.41, 5.74) is -0.839. The molecule has 0 heterocycles. The lowest BCUT2D eigenvalue weighted by molar-refractivity contribution is -0.203. The second-order valence-electron chi connectivity index (χ2n) is 11.5. The standard InChI is InChI=1S/C27H46O3/c1-6-19-23-15-18(29)11-13-27(23,5)22-12-14-26(4)20(16(2)7-8-17(3)28)9-10-21(26)24(22)25(19)30/h16,18-25,29-30H,6-15H2,1-5H3/t16-,18-,19-,20-,21+,22+,23+,24+,25-,26-,27-/m1/s1/i1D3,6D2,8D2,25D. The minimum Gasteiger partial charge on any atom is -0.393 e. The molecule has 0 unspecified atom stereocenters. The largest absolute Gasteiger partial charge is 0.393 e. The molecule has 172 valence electrons. The Morgan fingerprint density at radius 3 is 2.53 bits per heavy atom. The molecular formula is C27H46O3. The predicted octanol–water partition coefficient (Wildman–Crippen LogP) is 5.62. The second-order valence-corrected chi connectivity index (χ2v) is 11.5. The Morgan fingerprint density at radius 1 is 1.13 bits per heavy atom. The van der Waals surface area contributed by atoms with E-state index in [2.05, 4.69) is 13.8 Å². The third kappa shape index (κ3) is 3.41. The first-order chi connectivity index (χ1) is 17.1. The normalized spacial score (nSPS) is 59.3. The quantitative estimate of drug-likeness (QED) is 0.600. The number of carbonyl (C=O) groups is 1. The monoisotopic (exact) mass is 426 g/mol. The van der Waals surface area contributed by atoms with E-state index in [-0.39, 0.29) is 41.9 Å². The lowest BCUT2D eigenvalue weighted by Gasteiger charge is -2.64. The van der Waals surface area contributed by atoms with Crippen molar-refractivity contribution in [3.63, 3.8) is 0 Å². The summed E-state index contributed by atoms with van der Waals surface area (Å²) >= 11 is 0. The molecule has 4 rings (SSSR count). The Morgan fingerprint density at radius 2 is 1.83 bits per heavy atom. The van der Waals surface area contributed by atoms with Gasteiger partial charge in [-0.15, -0.1) is 0 Å². The van der Waals surface area contributed by atoms with Gasteiger partial charge in [0, 0.05) is 16.0 Å². The summed E-state index contributed by atoms with van der Waals surface area (Å²) in [5.74, 6) is -3.48. The number of hydrogen-bond donors (Lipinski definition) is 2. The maximum absolute atomic E-state index is 12.1. The summed E-state index contributed by atoms with van der Waals surface area (Å²) in [6, 6.07) is 0. The fraction of sp³-hybridized carbons (Fsp3) is 0.963. The van der Waals surface area contributed by atoms with Gasteiger partial charge in [-0.3, -0.25) is 0 Å². The third-order valence-electron chi connectivity index (χ3n) is 10.2. The van der Waals surface area contributed by atoms with E-state index in [0.717, 1.165) is 12.8 Å². The summed E-state index contributed by atoms with van der Waals surface area (Å²) in [7, 11) is 0. The Balaban J connectivity index is 1.77. The van der Waals surface area contributed by atoms with E-state index in [1.165, 1.54) is 6.92 Å². The molecule has 0 saturated heterocycles. The van der Waals surface area contributed by atoms with Gasteiger partial charge < -0.3 is 15.0 Å². The van der Waals surface area contributed by atoms with Crippen molar-refractivity contribution in [2.75, 3.05) is 0 Å². The number of fused-ring (bicyclic) bond motifs is 5. The van der Waals surface area contributed by atoms with Gasteiger partial charge in [0.2, 0.25) is 0 Å². The Bertz CT molecular complexity index is 936. The smallest absolute Gasteiger partial charge is 0.129 e. The van der Waals surface area contributed by atoms with Crippen LogP contribution in [-0.4, -0.2) is 28.2 Å². The number of aliphatic hydroxyl groups is 2. The summed E-state index contributed by atoms with van der Waals surface area (Å²) in [4.78, 5) is 11.9. The molecule has 3 heteroatoms. The van der Waals surface area contributed by atoms with E-state index >= 15 is 0 Å². The maximum atomic E-state index is 12.1. The van der Waals surface area contributed by atoms with Crippen molar-refractivity contribution in [3.8, 4) is 0 Å². The van der Waals surface area contributed by atoms with Crippen molar-refractivity contribution in [1.82, 2.24) is 0 Å². The molecule has 0 aromatic carbocycles. The highest BCUT2D eigenvalue weighted by atomic mass is 16.3. The molecule has 0 aromatic heterocycles. The minimum absolute atomic E-state index is 0.0789. The Labute approximate surface area is 195 Å². The zero-order valence-electron chi connectivity index (χ0n) is 27.1. The van der Waals surface area contributed by atoms with Crippen molar-refractivity contribution in [2.24, 2.45) is 52.3 Å². The Hall–Kier alpha value is -0.410. The van der Waals surface area contributed by atoms with Gasteiger partial charge in [-0.25, -0.2) is 0 Å². The third-order valence-corrected chi connectivity index (χ3v) is 10.2. The molecule has 2 N–H and O–H groups in total. The molecule has 0 bridgehead atoms. The topological polar surface area (TPSA) is 57.5 Å². The first kappa shape index (κ1) is 14.7. The van der Waals surface area contributed by atoms with Crippen LogP contribution < -0.4 is 0 Å². The molecule has 3 nitrogen and oxygen atoms in total. The van der Waals surface area contributed by atoms with E-state index in [1.54, 1.807) is 0 Å². The van der Waals surface area contributed by atoms with Crippen LogP contribution >= 0.6 is 0 Å². The van der Waals surface area contributed by atoms with Gasteiger partial charge in [-0.1, -0.05) is 34.0 Å². The number of rotatable bonds is 5. The zero-order valence-corrected chi connectivity index (χ0v) is 19.1. The molecule has 0 aliphatic heterocycles. The van der Waals surface area contributed by atoms with Crippen molar-refractivity contribution in [1.29, 1.82) is 0 Å². The molecule has 4 aliphatic rings. The number of hydrogen-bond acceptors (Lipinski definition) is 3. The van der Waals surface area contributed by atoms with Crippen molar-refractivity contribution >= 4 is 5.78 Å². The van der Waals surface area contributed by atoms with Gasteiger partial charge in [0.25, 0.3) is 0 Å². The zero-order chi connectivity index (χ0) is 28.9. The van der Waals surface area contributed by atoms with Crippen LogP contribution in [0.4, 0.5) is 0 Å². The van der Waals surface area contributed by atoms with Crippen molar-refractivity contribution in [2.45, 2.75) is 111 Å². The van der Waals surface area contributed by atoms with Gasteiger partial charge in [0.15, 0.2) is 0 Å². The molecule has 4 aliphatic carbocycles. The van der Waals surface area contributed by atoms with Crippen molar-refractivity contribution in [3.05, 3.63) is 0 Å². The van der Waals surface area contributed by atoms with Crippen LogP contribution in [0.2, 0.25) is 0 Å². The van der Waals surface area contributed by atoms with E-state index in [4.69, 9.17) is 9.60 Å².